The third kappa shape index (κ3) is 2.93. The van der Waals surface area contributed by atoms with E-state index < -0.39 is 5.66 Å². The van der Waals surface area contributed by atoms with Gasteiger partial charge >= 0.3 is 0 Å². The van der Waals surface area contributed by atoms with Crippen LogP contribution in [0.15, 0.2) is 40.8 Å². The van der Waals surface area contributed by atoms with E-state index in [0.29, 0.717) is 12.1 Å². The summed E-state index contributed by atoms with van der Waals surface area (Å²) in [4.78, 5) is 25.8. The molecule has 6 heteroatoms. The van der Waals surface area contributed by atoms with Crippen molar-refractivity contribution in [2.75, 3.05) is 5.32 Å². The van der Waals surface area contributed by atoms with Gasteiger partial charge in [0.25, 0.3) is 5.91 Å². The van der Waals surface area contributed by atoms with Crippen LogP contribution in [0.25, 0.3) is 0 Å². The van der Waals surface area contributed by atoms with Gasteiger partial charge in [-0.3, -0.25) is 9.59 Å². The van der Waals surface area contributed by atoms with Gasteiger partial charge in [0.2, 0.25) is 5.91 Å². The van der Waals surface area contributed by atoms with Crippen molar-refractivity contribution in [2.24, 2.45) is 17.3 Å². The zero-order valence-corrected chi connectivity index (χ0v) is 16.9. The number of para-hydroxylation sites is 1. The number of aryl methyl sites for hydroxylation is 1. The first-order valence-corrected chi connectivity index (χ1v) is 10.4. The molecule has 3 N–H and O–H groups in total. The number of hydrogen-bond donors (Lipinski definition) is 3. The number of nitrogens with one attached hydrogen (secondary N) is 3. The molecule has 3 saturated carbocycles. The Morgan fingerprint density at radius 3 is 2.83 bits per heavy atom. The third-order valence-electron chi connectivity index (χ3n) is 7.22. The van der Waals surface area contributed by atoms with Gasteiger partial charge in [0.05, 0.1) is 12.1 Å². The summed E-state index contributed by atoms with van der Waals surface area (Å²) in [7, 11) is 0. The van der Waals surface area contributed by atoms with Crippen molar-refractivity contribution in [1.82, 2.24) is 10.6 Å². The van der Waals surface area contributed by atoms with E-state index in [-0.39, 0.29) is 29.1 Å². The number of furan rings is 1. The number of carbonyl (C=O) groups excluding carboxylic acids is 2. The second kappa shape index (κ2) is 6.37. The van der Waals surface area contributed by atoms with Crippen LogP contribution in [0.2, 0.25) is 0 Å². The maximum atomic E-state index is 13.0. The number of anilines is 1. The molecule has 29 heavy (non-hydrogen) atoms. The van der Waals surface area contributed by atoms with Crippen molar-refractivity contribution in [3.63, 3.8) is 0 Å². The Bertz CT molecular complexity index is 983. The Hall–Kier alpha value is -2.76. The van der Waals surface area contributed by atoms with Gasteiger partial charge in [0, 0.05) is 17.5 Å². The van der Waals surface area contributed by atoms with Crippen molar-refractivity contribution in [2.45, 2.75) is 51.7 Å². The first-order valence-electron chi connectivity index (χ1n) is 10.4. The molecule has 4 atom stereocenters. The summed E-state index contributed by atoms with van der Waals surface area (Å²) in [6.07, 6.45) is 3.53. The fourth-order valence-electron chi connectivity index (χ4n) is 5.73. The summed E-state index contributed by atoms with van der Waals surface area (Å²) in [6.45, 7) is 4.51. The van der Waals surface area contributed by atoms with Crippen molar-refractivity contribution >= 4 is 17.5 Å². The standard InChI is InChI=1S/C23H27N3O3/c1-14-7-8-16(29-14)12-24-21(28)18-11-15-9-10-22(18,2)13-23(15)25-19-6-4-3-5-17(19)20(27)26-23/h3-8,15,18,25H,9-13H2,1-2H3,(H,24,28)(H,26,27)/t15-,18+,22-,23+/m1/s1. The Balaban J connectivity index is 1.35. The normalized spacial score (nSPS) is 32.4. The molecule has 3 fully saturated rings. The molecule has 1 aromatic carbocycles. The molecule has 152 valence electrons. The lowest BCUT2D eigenvalue weighted by Crippen LogP contribution is -2.70. The van der Waals surface area contributed by atoms with Gasteiger partial charge in [0.1, 0.15) is 17.2 Å². The lowest BCUT2D eigenvalue weighted by molar-refractivity contribution is -0.139. The molecule has 1 aliphatic heterocycles. The first kappa shape index (κ1) is 18.3. The second-order valence-corrected chi connectivity index (χ2v) is 9.18. The Kier molecular flexibility index (Phi) is 4.02. The summed E-state index contributed by atoms with van der Waals surface area (Å²) in [6, 6.07) is 11.5. The molecular weight excluding hydrogens is 366 g/mol. The highest BCUT2D eigenvalue weighted by molar-refractivity contribution is 6.02. The quantitative estimate of drug-likeness (QED) is 0.744. The van der Waals surface area contributed by atoms with E-state index in [0.717, 1.165) is 42.9 Å². The molecule has 6 rings (SSSR count). The maximum absolute atomic E-state index is 13.0. The van der Waals surface area contributed by atoms with Gasteiger partial charge in [-0.2, -0.15) is 0 Å². The summed E-state index contributed by atoms with van der Waals surface area (Å²) in [5, 5.41) is 9.98. The van der Waals surface area contributed by atoms with Crippen LogP contribution in [0.1, 0.15) is 54.5 Å². The summed E-state index contributed by atoms with van der Waals surface area (Å²) in [5.41, 5.74) is 0.951. The predicted octanol–water partition coefficient (Wildman–Crippen LogP) is 3.58. The van der Waals surface area contributed by atoms with Crippen LogP contribution in [0.3, 0.4) is 0 Å². The second-order valence-electron chi connectivity index (χ2n) is 9.18. The van der Waals surface area contributed by atoms with Gasteiger partial charge in [-0.25, -0.2) is 0 Å². The number of amides is 2. The highest BCUT2D eigenvalue weighted by Crippen LogP contribution is 2.58. The van der Waals surface area contributed by atoms with Gasteiger partial charge < -0.3 is 20.4 Å². The number of carbonyl (C=O) groups is 2. The minimum absolute atomic E-state index is 0.0234. The monoisotopic (exact) mass is 393 g/mol. The van der Waals surface area contributed by atoms with E-state index in [2.05, 4.69) is 22.9 Å². The average Bonchev–Trinajstić information content (AvgIpc) is 3.11. The van der Waals surface area contributed by atoms with Crippen LogP contribution >= 0.6 is 0 Å². The average molecular weight is 393 g/mol. The summed E-state index contributed by atoms with van der Waals surface area (Å²) in [5.74, 6) is 1.85. The number of hydrogen-bond acceptors (Lipinski definition) is 4. The Morgan fingerprint density at radius 2 is 2.07 bits per heavy atom. The van der Waals surface area contributed by atoms with E-state index in [4.69, 9.17) is 4.42 Å². The zero-order chi connectivity index (χ0) is 20.2. The maximum Gasteiger partial charge on any atom is 0.255 e. The van der Waals surface area contributed by atoms with Crippen LogP contribution in [-0.4, -0.2) is 17.5 Å². The fourth-order valence-corrected chi connectivity index (χ4v) is 5.73. The molecule has 1 aromatic heterocycles. The van der Waals surface area contributed by atoms with E-state index in [1.807, 2.05) is 43.3 Å². The molecule has 2 heterocycles. The highest BCUT2D eigenvalue weighted by atomic mass is 16.3. The molecule has 3 aliphatic carbocycles. The molecule has 2 bridgehead atoms. The van der Waals surface area contributed by atoms with Gasteiger partial charge in [0.15, 0.2) is 0 Å². The predicted molar refractivity (Wildman–Crippen MR) is 109 cm³/mol. The SMILES string of the molecule is Cc1ccc(CNC(=O)[C@@H]2C[C@H]3CC[C@]2(C)C[C@]32NC(=O)c3ccccc3N2)o1. The molecule has 2 aromatic rings. The highest BCUT2D eigenvalue weighted by Gasteiger charge is 2.60. The van der Waals surface area contributed by atoms with E-state index in [1.165, 1.54) is 0 Å². The van der Waals surface area contributed by atoms with E-state index >= 15 is 0 Å². The van der Waals surface area contributed by atoms with Crippen molar-refractivity contribution in [1.29, 1.82) is 0 Å². The number of rotatable bonds is 3. The summed E-state index contributed by atoms with van der Waals surface area (Å²) < 4.78 is 5.57. The van der Waals surface area contributed by atoms with Crippen LogP contribution < -0.4 is 16.0 Å². The lowest BCUT2D eigenvalue weighted by atomic mass is 9.51. The van der Waals surface area contributed by atoms with Gasteiger partial charge in [-0.1, -0.05) is 19.1 Å². The molecule has 6 nitrogen and oxygen atoms in total. The smallest absolute Gasteiger partial charge is 0.255 e. The third-order valence-corrected chi connectivity index (χ3v) is 7.22. The van der Waals surface area contributed by atoms with Crippen molar-refractivity contribution in [3.05, 3.63) is 53.5 Å². The van der Waals surface area contributed by atoms with Gasteiger partial charge in [-0.05, 0) is 62.3 Å². The molecule has 0 saturated heterocycles. The van der Waals surface area contributed by atoms with E-state index in [1.54, 1.807) is 0 Å². The van der Waals surface area contributed by atoms with Crippen molar-refractivity contribution in [3.8, 4) is 0 Å². The topological polar surface area (TPSA) is 83.4 Å². The zero-order valence-electron chi connectivity index (χ0n) is 16.9. The minimum Gasteiger partial charge on any atom is -0.465 e. The molecule has 4 aliphatic rings. The molecule has 0 unspecified atom stereocenters. The van der Waals surface area contributed by atoms with Crippen LogP contribution in [-0.2, 0) is 11.3 Å². The van der Waals surface area contributed by atoms with Crippen molar-refractivity contribution < 1.29 is 14.0 Å². The molecule has 1 spiro atoms. The van der Waals surface area contributed by atoms with Gasteiger partial charge in [-0.15, -0.1) is 0 Å². The number of benzene rings is 1. The number of fused-ring (bicyclic) bond motifs is 3. The van der Waals surface area contributed by atoms with Crippen LogP contribution in [0.4, 0.5) is 5.69 Å². The Morgan fingerprint density at radius 1 is 1.24 bits per heavy atom. The minimum atomic E-state index is -0.465. The van der Waals surface area contributed by atoms with Crippen LogP contribution in [0.5, 0.6) is 0 Å². The molecule has 2 amide bonds. The fraction of sp³-hybridized carbons (Fsp3) is 0.478. The van der Waals surface area contributed by atoms with Crippen LogP contribution in [0, 0.1) is 24.2 Å². The van der Waals surface area contributed by atoms with E-state index in [9.17, 15) is 9.59 Å². The lowest BCUT2D eigenvalue weighted by Gasteiger charge is -2.60. The summed E-state index contributed by atoms with van der Waals surface area (Å²) >= 11 is 0. The first-order chi connectivity index (χ1) is 13.9. The Labute approximate surface area is 170 Å². The largest absolute Gasteiger partial charge is 0.465 e. The molecular formula is C23H27N3O3. The molecule has 0 radical (unpaired) electrons.